The minimum atomic E-state index is -1.47. The van der Waals surface area contributed by atoms with E-state index in [0.717, 1.165) is 17.0 Å². The molecule has 2 atom stereocenters. The van der Waals surface area contributed by atoms with Gasteiger partial charge < -0.3 is 36.4 Å². The maximum atomic E-state index is 12.5. The zero-order valence-electron chi connectivity index (χ0n) is 19.5. The number of ether oxygens (including phenoxy) is 1. The largest absolute Gasteiger partial charge is 0.480 e. The van der Waals surface area contributed by atoms with Crippen LogP contribution >= 0.6 is 0 Å². The first-order chi connectivity index (χ1) is 17.3. The zero-order chi connectivity index (χ0) is 25.9. The van der Waals surface area contributed by atoms with Crippen LogP contribution in [0.5, 0.6) is 0 Å². The number of amides is 5. The molecule has 1 aromatic carbocycles. The average Bonchev–Trinajstić information content (AvgIpc) is 3.47. The molecule has 1 fully saturated rings. The molecule has 1 aromatic rings. The number of guanidine groups is 1. The summed E-state index contributed by atoms with van der Waals surface area (Å²) < 4.78 is 4.99. The average molecular weight is 504 g/mol. The summed E-state index contributed by atoms with van der Waals surface area (Å²) in [6.45, 7) is 0.941. The summed E-state index contributed by atoms with van der Waals surface area (Å²) in [4.78, 5) is 65.3. The highest BCUT2D eigenvalue weighted by Gasteiger charge is 2.38. The van der Waals surface area contributed by atoms with Gasteiger partial charge in [0.25, 0.3) is 5.91 Å². The number of benzene rings is 1. The van der Waals surface area contributed by atoms with Crippen LogP contribution in [0, 0.1) is 0 Å². The molecule has 0 saturated carbocycles. The highest BCUT2D eigenvalue weighted by Crippen LogP contribution is 2.10. The molecule has 0 bridgehead atoms. The van der Waals surface area contributed by atoms with Gasteiger partial charge in [-0.1, -0.05) is 30.3 Å². The normalized spacial score (nSPS) is 17.5. The third-order valence-electron chi connectivity index (χ3n) is 5.35. The van der Waals surface area contributed by atoms with Crippen LogP contribution < -0.4 is 26.6 Å². The Balaban J connectivity index is 1.38. The van der Waals surface area contributed by atoms with Crippen LogP contribution in [0.3, 0.4) is 0 Å². The van der Waals surface area contributed by atoms with E-state index in [0.29, 0.717) is 31.9 Å². The number of alkyl carbamates (subject to hydrolysis) is 1. The van der Waals surface area contributed by atoms with Crippen LogP contribution in [0.4, 0.5) is 9.59 Å². The third-order valence-corrected chi connectivity index (χ3v) is 5.35. The Kier molecular flexibility index (Phi) is 9.42. The SMILES string of the molecule is O=C(CN1C(=O)N[C@@H](CCCNC2=NCCN2)C1=O)NC[C@H](NC(=O)OCc1ccccc1)C(=O)O. The van der Waals surface area contributed by atoms with Gasteiger partial charge in [0.2, 0.25) is 5.91 Å². The number of hydrogen-bond donors (Lipinski definition) is 6. The van der Waals surface area contributed by atoms with Gasteiger partial charge in [-0.2, -0.15) is 0 Å². The fourth-order valence-corrected chi connectivity index (χ4v) is 3.47. The van der Waals surface area contributed by atoms with Crippen molar-refractivity contribution in [1.29, 1.82) is 0 Å². The van der Waals surface area contributed by atoms with Crippen LogP contribution in [0.1, 0.15) is 18.4 Å². The van der Waals surface area contributed by atoms with E-state index >= 15 is 0 Å². The molecule has 1 saturated heterocycles. The molecule has 2 heterocycles. The molecule has 5 amide bonds. The van der Waals surface area contributed by atoms with Gasteiger partial charge in [-0.05, 0) is 18.4 Å². The minimum Gasteiger partial charge on any atom is -0.480 e. The first-order valence-corrected chi connectivity index (χ1v) is 11.4. The van der Waals surface area contributed by atoms with Crippen molar-refractivity contribution in [2.75, 3.05) is 32.7 Å². The quantitative estimate of drug-likeness (QED) is 0.149. The van der Waals surface area contributed by atoms with Crippen LogP contribution in [-0.4, -0.2) is 90.7 Å². The summed E-state index contributed by atoms with van der Waals surface area (Å²) in [5, 5.41) is 22.5. The highest BCUT2D eigenvalue weighted by atomic mass is 16.5. The Bertz CT molecular complexity index is 1000. The molecule has 3 rings (SSSR count). The Morgan fingerprint density at radius 3 is 2.69 bits per heavy atom. The zero-order valence-corrected chi connectivity index (χ0v) is 19.5. The molecular weight excluding hydrogens is 474 g/mol. The summed E-state index contributed by atoms with van der Waals surface area (Å²) in [5.74, 6) is -1.98. The number of carboxylic acid groups (broad SMARTS) is 1. The number of imide groups is 1. The molecule has 14 heteroatoms. The van der Waals surface area contributed by atoms with E-state index in [4.69, 9.17) is 4.74 Å². The van der Waals surface area contributed by atoms with Gasteiger partial charge in [0.1, 0.15) is 25.2 Å². The molecule has 36 heavy (non-hydrogen) atoms. The molecule has 2 aliphatic heterocycles. The van der Waals surface area contributed by atoms with E-state index in [-0.39, 0.29) is 6.61 Å². The molecule has 194 valence electrons. The fraction of sp³-hybridized carbons (Fsp3) is 0.455. The summed E-state index contributed by atoms with van der Waals surface area (Å²) in [6, 6.07) is 5.88. The Morgan fingerprint density at radius 1 is 1.22 bits per heavy atom. The van der Waals surface area contributed by atoms with E-state index in [2.05, 4.69) is 31.6 Å². The number of carbonyl (C=O) groups excluding carboxylic acids is 4. The maximum absolute atomic E-state index is 12.5. The van der Waals surface area contributed by atoms with Crippen molar-refractivity contribution in [2.45, 2.75) is 31.5 Å². The second-order valence-corrected chi connectivity index (χ2v) is 8.05. The first-order valence-electron chi connectivity index (χ1n) is 11.4. The number of aliphatic imine (C=N–C) groups is 1. The van der Waals surface area contributed by atoms with E-state index in [9.17, 15) is 29.1 Å². The molecule has 0 spiro atoms. The van der Waals surface area contributed by atoms with E-state index < -0.39 is 55.1 Å². The van der Waals surface area contributed by atoms with Gasteiger partial charge >= 0.3 is 18.1 Å². The fourth-order valence-electron chi connectivity index (χ4n) is 3.47. The topological polar surface area (TPSA) is 191 Å². The highest BCUT2D eigenvalue weighted by molar-refractivity contribution is 6.06. The van der Waals surface area contributed by atoms with Gasteiger partial charge in [-0.25, -0.2) is 14.4 Å². The van der Waals surface area contributed by atoms with Crippen LogP contribution in [0.15, 0.2) is 35.3 Å². The van der Waals surface area contributed by atoms with E-state index in [1.165, 1.54) is 0 Å². The lowest BCUT2D eigenvalue weighted by atomic mass is 10.1. The van der Waals surface area contributed by atoms with Crippen LogP contribution in [-0.2, 0) is 25.7 Å². The molecular formula is C22H29N7O7. The van der Waals surface area contributed by atoms with Crippen molar-refractivity contribution in [3.63, 3.8) is 0 Å². The molecule has 2 aliphatic rings. The minimum absolute atomic E-state index is 0.0551. The first kappa shape index (κ1) is 26.2. The van der Waals surface area contributed by atoms with Crippen molar-refractivity contribution in [1.82, 2.24) is 31.5 Å². The maximum Gasteiger partial charge on any atom is 0.408 e. The number of hydrogen-bond acceptors (Lipinski definition) is 9. The van der Waals surface area contributed by atoms with Crippen LogP contribution in [0.2, 0.25) is 0 Å². The summed E-state index contributed by atoms with van der Waals surface area (Å²) in [7, 11) is 0. The summed E-state index contributed by atoms with van der Waals surface area (Å²) in [5.41, 5.74) is 0.719. The Hall–Kier alpha value is -4.36. The number of urea groups is 1. The van der Waals surface area contributed by atoms with Crippen molar-refractivity contribution in [3.05, 3.63) is 35.9 Å². The Labute approximate surface area is 206 Å². The van der Waals surface area contributed by atoms with E-state index in [1.54, 1.807) is 30.3 Å². The smallest absolute Gasteiger partial charge is 0.408 e. The Morgan fingerprint density at radius 2 is 2.00 bits per heavy atom. The monoisotopic (exact) mass is 503 g/mol. The van der Waals surface area contributed by atoms with Crippen molar-refractivity contribution >= 4 is 35.9 Å². The van der Waals surface area contributed by atoms with Gasteiger partial charge in [0.05, 0.1) is 6.54 Å². The van der Waals surface area contributed by atoms with Gasteiger partial charge in [0.15, 0.2) is 5.96 Å². The van der Waals surface area contributed by atoms with Gasteiger partial charge in [0, 0.05) is 19.6 Å². The number of carboxylic acids is 1. The van der Waals surface area contributed by atoms with Crippen molar-refractivity contribution in [3.8, 4) is 0 Å². The second kappa shape index (κ2) is 12.9. The molecule has 6 N–H and O–H groups in total. The lowest BCUT2D eigenvalue weighted by Crippen LogP contribution is -2.50. The summed E-state index contributed by atoms with van der Waals surface area (Å²) in [6.07, 6.45) is -0.00857. The number of nitrogens with one attached hydrogen (secondary N) is 5. The lowest BCUT2D eigenvalue weighted by molar-refractivity contribution is -0.139. The molecule has 0 aliphatic carbocycles. The number of rotatable bonds is 12. The van der Waals surface area contributed by atoms with Gasteiger partial charge in [-0.15, -0.1) is 0 Å². The standard InChI is InChI=1S/C22H29N7O7/c30-17(26-11-16(19(32)33)28-22(35)36-13-14-5-2-1-3-6-14)12-29-18(31)15(27-21(29)34)7-4-8-23-20-24-9-10-25-20/h1-3,5-6,15-16H,4,7-13H2,(H,26,30)(H,27,34)(H,28,35)(H,32,33)(H2,23,24,25)/t15-,16-/m0/s1. The van der Waals surface area contributed by atoms with Crippen LogP contribution in [0.25, 0.3) is 0 Å². The second-order valence-electron chi connectivity index (χ2n) is 8.05. The summed E-state index contributed by atoms with van der Waals surface area (Å²) >= 11 is 0. The number of nitrogens with zero attached hydrogens (tertiary/aromatic N) is 2. The third kappa shape index (κ3) is 7.85. The predicted molar refractivity (Wildman–Crippen MR) is 126 cm³/mol. The molecule has 14 nitrogen and oxygen atoms in total. The molecule has 0 unspecified atom stereocenters. The van der Waals surface area contributed by atoms with Crippen molar-refractivity contribution < 1.29 is 33.8 Å². The van der Waals surface area contributed by atoms with Gasteiger partial charge in [-0.3, -0.25) is 19.5 Å². The molecule has 0 aromatic heterocycles. The number of carbonyl (C=O) groups is 5. The van der Waals surface area contributed by atoms with Crippen molar-refractivity contribution in [2.24, 2.45) is 4.99 Å². The predicted octanol–water partition coefficient (Wildman–Crippen LogP) is -1.27. The number of aliphatic carboxylic acids is 1. The van der Waals surface area contributed by atoms with E-state index in [1.807, 2.05) is 0 Å². The molecule has 0 radical (unpaired) electrons. The lowest BCUT2D eigenvalue weighted by Gasteiger charge is -2.17.